The maximum atomic E-state index is 12.7. The predicted molar refractivity (Wildman–Crippen MR) is 179 cm³/mol. The molecule has 0 aliphatic heterocycles. The number of ether oxygens (including phenoxy) is 2. The van der Waals surface area contributed by atoms with Gasteiger partial charge in [0.15, 0.2) is 0 Å². The SMILES string of the molecule is CC(C)CCC[C@@H](C)[C@H]1CC[C@H]2[C@@H]3CC=C4C[C@@H](OC(=O)CCCCCOc5ccc(C=O)cc5)CC[C@]4(C)[C@H]3CC[C@]12C. The van der Waals surface area contributed by atoms with Gasteiger partial charge >= 0.3 is 5.97 Å². The average Bonchev–Trinajstić information content (AvgIpc) is 3.36. The van der Waals surface area contributed by atoms with E-state index >= 15 is 0 Å². The Kier molecular flexibility index (Phi) is 11.0. The molecule has 1 aromatic carbocycles. The smallest absolute Gasteiger partial charge is 0.306 e. The number of carbonyl (C=O) groups excluding carboxylic acids is 2. The van der Waals surface area contributed by atoms with Gasteiger partial charge in [-0.2, -0.15) is 0 Å². The number of fused-ring (bicyclic) bond motifs is 5. The standard InChI is InChI=1S/C40H60O4/c1-28(2)10-9-11-29(3)35-19-20-36-34-18-15-31-26-33(21-23-39(31,4)37(34)22-24-40(35,36)5)44-38(42)12-7-6-8-25-43-32-16-13-30(27-41)14-17-32/h13-17,27-29,33-37H,6-12,18-26H2,1-5H3/t29-,33+,34+,35-,36+,37+,39+,40-/m1/s1. The van der Waals surface area contributed by atoms with Crippen molar-refractivity contribution in [2.45, 2.75) is 137 Å². The number of benzene rings is 1. The van der Waals surface area contributed by atoms with Crippen LogP contribution in [0.5, 0.6) is 5.75 Å². The van der Waals surface area contributed by atoms with E-state index in [2.05, 4.69) is 40.7 Å². The third kappa shape index (κ3) is 7.31. The lowest BCUT2D eigenvalue weighted by Crippen LogP contribution is -2.51. The average molecular weight is 605 g/mol. The molecule has 0 unspecified atom stereocenters. The van der Waals surface area contributed by atoms with Crippen LogP contribution in [0.15, 0.2) is 35.9 Å². The van der Waals surface area contributed by atoms with Crippen molar-refractivity contribution in [1.82, 2.24) is 0 Å². The summed E-state index contributed by atoms with van der Waals surface area (Å²) in [4.78, 5) is 23.5. The lowest BCUT2D eigenvalue weighted by Gasteiger charge is -2.58. The summed E-state index contributed by atoms with van der Waals surface area (Å²) in [6, 6.07) is 7.18. The highest BCUT2D eigenvalue weighted by Gasteiger charge is 2.59. The number of allylic oxidation sites excluding steroid dienone is 1. The van der Waals surface area contributed by atoms with Gasteiger partial charge in [-0.1, -0.05) is 65.5 Å². The Morgan fingerprint density at radius 2 is 1.73 bits per heavy atom. The first-order valence-electron chi connectivity index (χ1n) is 18.2. The van der Waals surface area contributed by atoms with Gasteiger partial charge in [-0.25, -0.2) is 0 Å². The number of hydrogen-bond donors (Lipinski definition) is 0. The van der Waals surface area contributed by atoms with Crippen LogP contribution in [-0.4, -0.2) is 25.0 Å². The minimum atomic E-state index is -0.0359. The zero-order valence-electron chi connectivity index (χ0n) is 28.5. The van der Waals surface area contributed by atoms with Crippen molar-refractivity contribution in [2.24, 2.45) is 46.3 Å². The van der Waals surface area contributed by atoms with E-state index in [-0.39, 0.29) is 12.1 Å². The van der Waals surface area contributed by atoms with E-state index in [1.54, 1.807) is 17.7 Å². The molecular weight excluding hydrogens is 544 g/mol. The Labute approximate surface area is 268 Å². The van der Waals surface area contributed by atoms with Crippen molar-refractivity contribution in [3.8, 4) is 5.75 Å². The van der Waals surface area contributed by atoms with Gasteiger partial charge < -0.3 is 9.47 Å². The van der Waals surface area contributed by atoms with E-state index in [9.17, 15) is 9.59 Å². The largest absolute Gasteiger partial charge is 0.494 e. The van der Waals surface area contributed by atoms with Gasteiger partial charge in [0.1, 0.15) is 18.1 Å². The number of aldehydes is 1. The van der Waals surface area contributed by atoms with E-state index in [1.165, 1.54) is 57.8 Å². The Bertz CT molecular complexity index is 1140. The summed E-state index contributed by atoms with van der Waals surface area (Å²) in [6.45, 7) is 13.2. The normalized spacial score (nSPS) is 33.5. The number of hydrogen-bond acceptors (Lipinski definition) is 4. The number of unbranched alkanes of at least 4 members (excludes halogenated alkanes) is 2. The van der Waals surface area contributed by atoms with Gasteiger partial charge in [-0.3, -0.25) is 9.59 Å². The molecule has 4 aliphatic rings. The van der Waals surface area contributed by atoms with Gasteiger partial charge in [-0.15, -0.1) is 0 Å². The summed E-state index contributed by atoms with van der Waals surface area (Å²) in [5, 5.41) is 0. The first-order valence-corrected chi connectivity index (χ1v) is 18.2. The maximum Gasteiger partial charge on any atom is 0.306 e. The minimum Gasteiger partial charge on any atom is -0.494 e. The lowest BCUT2D eigenvalue weighted by molar-refractivity contribution is -0.151. The van der Waals surface area contributed by atoms with Crippen LogP contribution in [0.2, 0.25) is 0 Å². The molecule has 8 atom stereocenters. The quantitative estimate of drug-likeness (QED) is 0.0917. The summed E-state index contributed by atoms with van der Waals surface area (Å²) in [7, 11) is 0. The lowest BCUT2D eigenvalue weighted by atomic mass is 9.47. The fraction of sp³-hybridized carbons (Fsp3) is 0.750. The van der Waals surface area contributed by atoms with E-state index in [0.717, 1.165) is 79.6 Å². The summed E-state index contributed by atoms with van der Waals surface area (Å²) >= 11 is 0. The van der Waals surface area contributed by atoms with Crippen LogP contribution in [0.25, 0.3) is 0 Å². The fourth-order valence-electron chi connectivity index (χ4n) is 10.4. The van der Waals surface area contributed by atoms with Crippen LogP contribution in [-0.2, 0) is 9.53 Å². The Hall–Kier alpha value is -2.10. The molecule has 0 radical (unpaired) electrons. The van der Waals surface area contributed by atoms with Crippen LogP contribution in [0.1, 0.15) is 141 Å². The first kappa shape index (κ1) is 33.3. The van der Waals surface area contributed by atoms with E-state index in [4.69, 9.17) is 9.47 Å². The predicted octanol–water partition coefficient (Wildman–Crippen LogP) is 10.4. The summed E-state index contributed by atoms with van der Waals surface area (Å²) in [5.74, 6) is 5.86. The van der Waals surface area contributed by atoms with Gasteiger partial charge in [0.05, 0.1) is 6.61 Å². The van der Waals surface area contributed by atoms with Crippen LogP contribution < -0.4 is 4.74 Å². The van der Waals surface area contributed by atoms with Crippen molar-refractivity contribution >= 4 is 12.3 Å². The molecule has 0 saturated heterocycles. The molecule has 0 bridgehead atoms. The van der Waals surface area contributed by atoms with Gasteiger partial charge in [0.25, 0.3) is 0 Å². The zero-order valence-corrected chi connectivity index (χ0v) is 28.5. The Balaban J connectivity index is 1.06. The van der Waals surface area contributed by atoms with Crippen molar-refractivity contribution in [1.29, 1.82) is 0 Å². The van der Waals surface area contributed by atoms with Crippen LogP contribution in [0, 0.1) is 46.3 Å². The van der Waals surface area contributed by atoms with E-state index in [0.29, 0.717) is 29.4 Å². The molecule has 0 heterocycles. The van der Waals surface area contributed by atoms with Gasteiger partial charge in [0, 0.05) is 18.4 Å². The molecule has 5 rings (SSSR count). The summed E-state index contributed by atoms with van der Waals surface area (Å²) in [6.07, 6.45) is 20.9. The van der Waals surface area contributed by atoms with Crippen LogP contribution >= 0.6 is 0 Å². The van der Waals surface area contributed by atoms with Crippen LogP contribution in [0.3, 0.4) is 0 Å². The molecule has 244 valence electrons. The second-order valence-electron chi connectivity index (χ2n) is 16.0. The summed E-state index contributed by atoms with van der Waals surface area (Å²) < 4.78 is 11.8. The van der Waals surface area contributed by atoms with Gasteiger partial charge in [-0.05, 0) is 135 Å². The van der Waals surface area contributed by atoms with Crippen molar-refractivity contribution in [3.05, 3.63) is 41.5 Å². The third-order valence-corrected chi connectivity index (χ3v) is 12.9. The molecule has 4 heteroatoms. The first-order chi connectivity index (χ1) is 21.1. The second-order valence-corrected chi connectivity index (χ2v) is 16.0. The van der Waals surface area contributed by atoms with E-state index in [1.807, 2.05) is 12.1 Å². The minimum absolute atomic E-state index is 0.0359. The molecule has 44 heavy (non-hydrogen) atoms. The Morgan fingerprint density at radius 3 is 2.48 bits per heavy atom. The molecule has 3 saturated carbocycles. The van der Waals surface area contributed by atoms with Crippen LogP contribution in [0.4, 0.5) is 0 Å². The fourth-order valence-corrected chi connectivity index (χ4v) is 10.4. The zero-order chi connectivity index (χ0) is 31.3. The highest BCUT2D eigenvalue weighted by atomic mass is 16.5. The number of esters is 1. The molecule has 0 N–H and O–H groups in total. The molecule has 3 fully saturated rings. The summed E-state index contributed by atoms with van der Waals surface area (Å²) in [5.41, 5.74) is 3.07. The Morgan fingerprint density at radius 1 is 0.932 bits per heavy atom. The van der Waals surface area contributed by atoms with Crippen molar-refractivity contribution < 1.29 is 19.1 Å². The third-order valence-electron chi connectivity index (χ3n) is 12.9. The molecule has 1 aromatic rings. The van der Waals surface area contributed by atoms with Crippen molar-refractivity contribution in [3.63, 3.8) is 0 Å². The van der Waals surface area contributed by atoms with E-state index < -0.39 is 0 Å². The molecule has 0 spiro atoms. The molecule has 4 aliphatic carbocycles. The molecule has 0 aromatic heterocycles. The monoisotopic (exact) mass is 604 g/mol. The molecular formula is C40H60O4. The second kappa shape index (κ2) is 14.5. The molecule has 4 nitrogen and oxygen atoms in total. The topological polar surface area (TPSA) is 52.6 Å². The maximum absolute atomic E-state index is 12.7. The highest BCUT2D eigenvalue weighted by molar-refractivity contribution is 5.74. The van der Waals surface area contributed by atoms with Crippen molar-refractivity contribution in [2.75, 3.05) is 6.61 Å². The highest BCUT2D eigenvalue weighted by Crippen LogP contribution is 2.67. The number of carbonyl (C=O) groups is 2. The number of rotatable bonds is 14. The molecule has 0 amide bonds. The van der Waals surface area contributed by atoms with Gasteiger partial charge in [0.2, 0.25) is 0 Å².